The molecule has 10 heteroatoms. The minimum Gasteiger partial charge on any atom is -0.416 e. The van der Waals surface area contributed by atoms with Crippen molar-refractivity contribution < 1.29 is 22.0 Å². The summed E-state index contributed by atoms with van der Waals surface area (Å²) < 4.78 is 19.4. The molecule has 0 aliphatic carbocycles. The van der Waals surface area contributed by atoms with Crippen molar-refractivity contribution in [2.24, 2.45) is 0 Å². The Hall–Kier alpha value is 0.0506. The lowest BCUT2D eigenvalue weighted by atomic mass is 10.4. The molecule has 0 aromatic rings. The maximum atomic E-state index is 12.0. The van der Waals surface area contributed by atoms with Crippen molar-refractivity contribution in [2.45, 2.75) is 70.8 Å². The monoisotopic (exact) mass is 453 g/mol. The second kappa shape index (κ2) is 11.9. The molecule has 0 saturated heterocycles. The van der Waals surface area contributed by atoms with E-state index in [4.69, 9.17) is 12.1 Å². The molecule has 0 aromatic heterocycles. The fourth-order valence-electron chi connectivity index (χ4n) is 2.37. The normalized spacial score (nSPS) is 13.1. The first-order chi connectivity index (χ1) is 12.2. The maximum absolute atomic E-state index is 12.0. The number of aliphatic hydroxyl groups excluding tert-OH is 1. The van der Waals surface area contributed by atoms with Crippen LogP contribution in [-0.4, -0.2) is 66.3 Å². The van der Waals surface area contributed by atoms with Gasteiger partial charge in [0, 0.05) is 24.4 Å². The van der Waals surface area contributed by atoms with Gasteiger partial charge in [0.1, 0.15) is 0 Å². The van der Waals surface area contributed by atoms with Gasteiger partial charge in [-0.2, -0.15) is 0 Å². The van der Waals surface area contributed by atoms with Crippen LogP contribution in [0.5, 0.6) is 0 Å². The molecular weight excluding hydrogens is 415 g/mol. The summed E-state index contributed by atoms with van der Waals surface area (Å²) in [5.41, 5.74) is 0. The van der Waals surface area contributed by atoms with Crippen molar-refractivity contribution in [3.05, 3.63) is 12.7 Å². The molecule has 0 aliphatic heterocycles. The molecule has 1 amide bonds. The zero-order valence-electron chi connectivity index (χ0n) is 18.3. The molecule has 0 heterocycles. The fourth-order valence-corrected chi connectivity index (χ4v) is 14.4. The molecule has 0 rings (SSSR count). The highest BCUT2D eigenvalue weighted by atomic mass is 32.2. The van der Waals surface area contributed by atoms with Gasteiger partial charge in [0.25, 0.3) is 0 Å². The second-order valence-corrected chi connectivity index (χ2v) is 22.4. The number of rotatable bonds is 14. The molecule has 0 aliphatic rings. The van der Waals surface area contributed by atoms with Crippen molar-refractivity contribution in [3.63, 3.8) is 0 Å². The van der Waals surface area contributed by atoms with Crippen molar-refractivity contribution in [3.8, 4) is 0 Å². The van der Waals surface area contributed by atoms with Crippen LogP contribution in [0.3, 0.4) is 0 Å². The highest BCUT2D eigenvalue weighted by molar-refractivity contribution is 7.96. The van der Waals surface area contributed by atoms with Gasteiger partial charge in [-0.1, -0.05) is 20.4 Å². The van der Waals surface area contributed by atoms with Gasteiger partial charge >= 0.3 is 8.80 Å². The van der Waals surface area contributed by atoms with Gasteiger partial charge in [-0.3, -0.25) is 4.79 Å². The summed E-state index contributed by atoms with van der Waals surface area (Å²) in [5.74, 6) is -0.175. The first-order valence-corrected chi connectivity index (χ1v) is 19.1. The zero-order chi connectivity index (χ0) is 21.3. The third-order valence-corrected chi connectivity index (χ3v) is 13.2. The van der Waals surface area contributed by atoms with E-state index in [1.165, 1.54) is 18.1 Å². The number of carbonyl (C=O) groups is 1. The Balaban J connectivity index is 5.38. The third kappa shape index (κ3) is 13.0. The van der Waals surface area contributed by atoms with Gasteiger partial charge in [-0.25, -0.2) is 0 Å². The molecule has 0 bridgehead atoms. The molecule has 160 valence electrons. The number of amides is 1. The smallest absolute Gasteiger partial charge is 0.416 e. The van der Waals surface area contributed by atoms with E-state index in [0.29, 0.717) is 30.8 Å². The zero-order valence-corrected chi connectivity index (χ0v) is 22.1. The Morgan fingerprint density at radius 2 is 1.63 bits per heavy atom. The SMILES string of the molecule is C=CC(=O)N(CCO)CCC[Si](OSC(C)C)(O[Si](C)(C)C)O[Si](C)(C)C. The van der Waals surface area contributed by atoms with Crippen molar-refractivity contribution >= 4 is 43.4 Å². The predicted octanol–water partition coefficient (Wildman–Crippen LogP) is 4.10. The fraction of sp³-hybridized carbons (Fsp3) is 0.824. The minimum atomic E-state index is -2.90. The number of aliphatic hydroxyl groups is 1. The topological polar surface area (TPSA) is 68.2 Å². The summed E-state index contributed by atoms with van der Waals surface area (Å²) in [6.07, 6.45) is 1.97. The number of carbonyl (C=O) groups excluding carboxylic acids is 1. The molecule has 0 spiro atoms. The van der Waals surface area contributed by atoms with Crippen LogP contribution in [0.2, 0.25) is 45.3 Å². The van der Waals surface area contributed by atoms with Crippen LogP contribution >= 0.6 is 12.0 Å². The Kier molecular flexibility index (Phi) is 11.9. The molecule has 0 fully saturated rings. The van der Waals surface area contributed by atoms with Gasteiger partial charge in [0.15, 0.2) is 16.6 Å². The Labute approximate surface area is 173 Å². The van der Waals surface area contributed by atoms with Crippen LogP contribution in [0.15, 0.2) is 12.7 Å². The van der Waals surface area contributed by atoms with Crippen LogP contribution in [0.1, 0.15) is 20.3 Å². The van der Waals surface area contributed by atoms with Gasteiger partial charge in [0.05, 0.1) is 6.61 Å². The molecule has 27 heavy (non-hydrogen) atoms. The van der Waals surface area contributed by atoms with E-state index in [9.17, 15) is 9.90 Å². The van der Waals surface area contributed by atoms with Gasteiger partial charge in [-0.05, 0) is 63.8 Å². The summed E-state index contributed by atoms with van der Waals surface area (Å²) in [7, 11) is -6.71. The molecule has 0 aromatic carbocycles. The van der Waals surface area contributed by atoms with E-state index in [-0.39, 0.29) is 12.5 Å². The number of hydrogen-bond donors (Lipinski definition) is 1. The molecule has 1 N–H and O–H groups in total. The Bertz CT molecular complexity index is 450. The molecule has 0 unspecified atom stereocenters. The molecule has 0 radical (unpaired) electrons. The minimum absolute atomic E-state index is 0.0708. The van der Waals surface area contributed by atoms with Gasteiger partial charge in [0.2, 0.25) is 5.91 Å². The second-order valence-electron chi connectivity index (χ2n) is 8.70. The highest BCUT2D eigenvalue weighted by Crippen LogP contribution is 2.31. The molecule has 0 saturated carbocycles. The lowest BCUT2D eigenvalue weighted by Crippen LogP contribution is -2.56. The van der Waals surface area contributed by atoms with Gasteiger partial charge in [-0.15, -0.1) is 0 Å². The van der Waals surface area contributed by atoms with Gasteiger partial charge < -0.3 is 22.1 Å². The van der Waals surface area contributed by atoms with E-state index >= 15 is 0 Å². The predicted molar refractivity (Wildman–Crippen MR) is 122 cm³/mol. The maximum Gasteiger partial charge on any atom is 0.491 e. The molecular formula is C17H39NO5SSi3. The van der Waals surface area contributed by atoms with Crippen molar-refractivity contribution in [2.75, 3.05) is 19.7 Å². The lowest BCUT2D eigenvalue weighted by molar-refractivity contribution is -0.126. The largest absolute Gasteiger partial charge is 0.491 e. The average molecular weight is 454 g/mol. The Morgan fingerprint density at radius 1 is 1.11 bits per heavy atom. The van der Waals surface area contributed by atoms with Crippen LogP contribution in [0.4, 0.5) is 0 Å². The highest BCUT2D eigenvalue weighted by Gasteiger charge is 2.48. The van der Waals surface area contributed by atoms with E-state index in [2.05, 4.69) is 59.7 Å². The van der Waals surface area contributed by atoms with Crippen molar-refractivity contribution in [1.29, 1.82) is 0 Å². The third-order valence-electron chi connectivity index (χ3n) is 3.06. The summed E-state index contributed by atoms with van der Waals surface area (Å²) >= 11 is 1.42. The lowest BCUT2D eigenvalue weighted by Gasteiger charge is -2.39. The van der Waals surface area contributed by atoms with Crippen LogP contribution in [-0.2, 0) is 16.9 Å². The summed E-state index contributed by atoms with van der Waals surface area (Å²) in [6, 6.07) is 0.646. The van der Waals surface area contributed by atoms with E-state index in [1.54, 1.807) is 4.90 Å². The quantitative estimate of drug-likeness (QED) is 0.243. The standard InChI is InChI=1S/C17H39NO5SSi3/c1-10-17(20)18(13-14-19)12-11-15-27(21-24-16(2)3,22-25(4,5)6)23-26(7,8)9/h10,16,19H,1,11-15H2,2-9H3. The average Bonchev–Trinajstić information content (AvgIpc) is 2.48. The van der Waals surface area contributed by atoms with Crippen LogP contribution < -0.4 is 0 Å². The number of nitrogens with zero attached hydrogens (tertiary/aromatic N) is 1. The first-order valence-electron chi connectivity index (χ1n) is 9.50. The van der Waals surface area contributed by atoms with Crippen LogP contribution in [0, 0.1) is 0 Å². The molecule has 6 nitrogen and oxygen atoms in total. The van der Waals surface area contributed by atoms with E-state index < -0.39 is 25.4 Å². The molecule has 0 atom stereocenters. The summed E-state index contributed by atoms with van der Waals surface area (Å²) in [6.45, 7) is 21.3. The van der Waals surface area contributed by atoms with E-state index in [1.807, 2.05) is 0 Å². The van der Waals surface area contributed by atoms with E-state index in [0.717, 1.165) is 0 Å². The first kappa shape index (κ1) is 27.1. The summed E-state index contributed by atoms with van der Waals surface area (Å²) in [4.78, 5) is 13.6. The van der Waals surface area contributed by atoms with Crippen LogP contribution in [0.25, 0.3) is 0 Å². The van der Waals surface area contributed by atoms with Crippen molar-refractivity contribution in [1.82, 2.24) is 4.90 Å². The summed E-state index contributed by atoms with van der Waals surface area (Å²) in [5, 5.41) is 9.51. The Morgan fingerprint density at radius 3 is 2.00 bits per heavy atom. The number of hydrogen-bond acceptors (Lipinski definition) is 6.